The molecule has 15 nitrogen and oxygen atoms in total. The maximum absolute atomic E-state index is 12.9. The number of phenolic OH excluding ortho intramolecular Hbond substituents is 1. The van der Waals surface area contributed by atoms with E-state index < -0.39 is 91.1 Å². The molecule has 0 aliphatic carbocycles. The summed E-state index contributed by atoms with van der Waals surface area (Å²) >= 11 is 0. The quantitative estimate of drug-likeness (QED) is 0.163. The molecule has 1 aromatic heterocycles. The predicted octanol–water partition coefficient (Wildman–Crippen LogP) is 0.802. The molecule has 6 N–H and O–H groups in total. The van der Waals surface area contributed by atoms with Crippen molar-refractivity contribution in [3.63, 3.8) is 0 Å². The molecule has 262 valence electrons. The van der Waals surface area contributed by atoms with Gasteiger partial charge in [0.05, 0.1) is 25.7 Å². The average molecular weight is 677 g/mol. The van der Waals surface area contributed by atoms with Crippen molar-refractivity contribution >= 4 is 16.9 Å². The molecule has 0 bridgehead atoms. The Labute approximate surface area is 274 Å². The largest absolute Gasteiger partial charge is 0.507 e. The Morgan fingerprint density at radius 1 is 0.896 bits per heavy atom. The Hall–Kier alpha value is -3.80. The second-order valence-electron chi connectivity index (χ2n) is 11.9. The van der Waals surface area contributed by atoms with Crippen LogP contribution in [0, 0.1) is 5.92 Å². The second kappa shape index (κ2) is 14.8. The first kappa shape index (κ1) is 35.5. The standard InChI is InChI=1S/C33H40O15/c1-5-14(2)31(41)48-30-25(36)15(3)44-32(29(30)40)43-13-23-26(37)27(38)28(39)33(47-23)45-18-10-19(34)24-20(35)12-21(46-22(24)11-18)16-6-8-17(42-4)9-7-16/h6-12,14-15,23,25-30,32-34,36-40H,5,13H2,1-4H3/t14?,15-,23?,25-,26+,27-,28?,29?,30?,32+,33+/m0/s1. The molecule has 15 heteroatoms. The molecule has 0 saturated carbocycles. The minimum absolute atomic E-state index is 0.0441. The summed E-state index contributed by atoms with van der Waals surface area (Å²) in [6, 6.07) is 10.4. The molecule has 3 aromatic rings. The number of esters is 1. The van der Waals surface area contributed by atoms with Crippen molar-refractivity contribution in [2.24, 2.45) is 5.92 Å². The summed E-state index contributed by atoms with van der Waals surface area (Å²) in [5, 5.41) is 63.8. The lowest BCUT2D eigenvalue weighted by Crippen LogP contribution is -2.62. The zero-order valence-corrected chi connectivity index (χ0v) is 26.7. The Kier molecular flexibility index (Phi) is 10.9. The average Bonchev–Trinajstić information content (AvgIpc) is 3.07. The number of rotatable bonds is 10. The molecule has 2 aliphatic heterocycles. The summed E-state index contributed by atoms with van der Waals surface area (Å²) in [5.41, 5.74) is -0.0124. The topological polar surface area (TPSA) is 224 Å². The highest BCUT2D eigenvalue weighted by molar-refractivity contribution is 5.86. The molecule has 5 unspecified atom stereocenters. The summed E-state index contributed by atoms with van der Waals surface area (Å²) < 4.78 is 39.1. The van der Waals surface area contributed by atoms with Crippen molar-refractivity contribution in [1.82, 2.24) is 0 Å². The third-order valence-corrected chi connectivity index (χ3v) is 8.55. The van der Waals surface area contributed by atoms with Gasteiger partial charge in [-0.05, 0) is 37.6 Å². The lowest BCUT2D eigenvalue weighted by atomic mass is 9.98. The van der Waals surface area contributed by atoms with Crippen LogP contribution in [0.25, 0.3) is 22.3 Å². The van der Waals surface area contributed by atoms with E-state index in [1.807, 2.05) is 0 Å². The van der Waals surface area contributed by atoms with Gasteiger partial charge in [-0.3, -0.25) is 9.59 Å². The molecule has 0 spiro atoms. The zero-order chi connectivity index (χ0) is 34.9. The number of methoxy groups -OCH3 is 1. The van der Waals surface area contributed by atoms with E-state index in [0.717, 1.165) is 6.07 Å². The summed E-state index contributed by atoms with van der Waals surface area (Å²) in [6.07, 6.45) is -14.4. The fourth-order valence-corrected chi connectivity index (χ4v) is 5.38. The molecule has 0 radical (unpaired) electrons. The van der Waals surface area contributed by atoms with E-state index in [-0.39, 0.29) is 22.5 Å². The van der Waals surface area contributed by atoms with Gasteiger partial charge in [0, 0.05) is 23.8 Å². The number of hydrogen-bond acceptors (Lipinski definition) is 15. The molecule has 48 heavy (non-hydrogen) atoms. The molecule has 2 aliphatic rings. The van der Waals surface area contributed by atoms with Crippen molar-refractivity contribution < 1.29 is 68.3 Å². The maximum Gasteiger partial charge on any atom is 0.309 e. The van der Waals surface area contributed by atoms with Gasteiger partial charge < -0.3 is 63.5 Å². The number of carbonyl (C=O) groups excluding carboxylic acids is 1. The lowest BCUT2D eigenvalue weighted by Gasteiger charge is -2.43. The van der Waals surface area contributed by atoms with Crippen LogP contribution >= 0.6 is 0 Å². The van der Waals surface area contributed by atoms with Crippen LogP contribution in [0.15, 0.2) is 51.7 Å². The first-order valence-corrected chi connectivity index (χ1v) is 15.5. The van der Waals surface area contributed by atoms with Gasteiger partial charge in [-0.1, -0.05) is 13.8 Å². The number of carbonyl (C=O) groups is 1. The normalized spacial score (nSPS) is 31.3. The van der Waals surface area contributed by atoms with E-state index in [1.165, 1.54) is 26.2 Å². The highest BCUT2D eigenvalue weighted by Crippen LogP contribution is 2.34. The minimum atomic E-state index is -1.78. The Bertz CT molecular complexity index is 1620. The highest BCUT2D eigenvalue weighted by atomic mass is 16.7. The molecule has 2 saturated heterocycles. The SMILES string of the molecule is CCC(C)C(=O)OC1C(O)[C@H](OCC2O[C@@H](Oc3cc(O)c4c(=O)cc(-c5ccc(OC)cc5)oc4c3)C(O)[C@@H](O)[C@@H]2O)O[C@@H](C)[C@@H]1O. The van der Waals surface area contributed by atoms with Crippen LogP contribution in [0.4, 0.5) is 0 Å². The first-order valence-electron chi connectivity index (χ1n) is 15.5. The van der Waals surface area contributed by atoms with Crippen LogP contribution in [0.3, 0.4) is 0 Å². The van der Waals surface area contributed by atoms with Crippen LogP contribution in [-0.4, -0.2) is 112 Å². The van der Waals surface area contributed by atoms with Crippen molar-refractivity contribution in [3.05, 3.63) is 52.7 Å². The van der Waals surface area contributed by atoms with Crippen molar-refractivity contribution in [1.29, 1.82) is 0 Å². The molecular formula is C33H40O15. The molecule has 2 aromatic carbocycles. The van der Waals surface area contributed by atoms with Crippen LogP contribution in [0.5, 0.6) is 17.2 Å². The van der Waals surface area contributed by atoms with Crippen LogP contribution in [-0.2, 0) is 23.7 Å². The number of aliphatic hydroxyl groups is 5. The monoisotopic (exact) mass is 676 g/mol. The van der Waals surface area contributed by atoms with E-state index in [0.29, 0.717) is 17.7 Å². The second-order valence-corrected chi connectivity index (χ2v) is 11.9. The van der Waals surface area contributed by atoms with Crippen molar-refractivity contribution in [2.75, 3.05) is 13.7 Å². The summed E-state index contributed by atoms with van der Waals surface area (Å²) in [6.45, 7) is 4.42. The molecule has 5 rings (SSSR count). The number of ether oxygens (including phenoxy) is 6. The number of aromatic hydroxyl groups is 1. The number of fused-ring (bicyclic) bond motifs is 1. The number of benzene rings is 2. The number of hydrogen-bond donors (Lipinski definition) is 6. The highest BCUT2D eigenvalue weighted by Gasteiger charge is 2.49. The van der Waals surface area contributed by atoms with Gasteiger partial charge in [0.15, 0.2) is 17.8 Å². The van der Waals surface area contributed by atoms with Gasteiger partial charge in [0.2, 0.25) is 6.29 Å². The smallest absolute Gasteiger partial charge is 0.309 e. The Morgan fingerprint density at radius 3 is 2.27 bits per heavy atom. The third kappa shape index (κ3) is 7.28. The van der Waals surface area contributed by atoms with Gasteiger partial charge in [-0.25, -0.2) is 0 Å². The summed E-state index contributed by atoms with van der Waals surface area (Å²) in [4.78, 5) is 25.3. The third-order valence-electron chi connectivity index (χ3n) is 8.55. The van der Waals surface area contributed by atoms with E-state index in [4.69, 9.17) is 32.8 Å². The maximum atomic E-state index is 12.9. The Morgan fingerprint density at radius 2 is 1.60 bits per heavy atom. The zero-order valence-electron chi connectivity index (χ0n) is 26.7. The fraction of sp³-hybridized carbons (Fsp3) is 0.515. The summed E-state index contributed by atoms with van der Waals surface area (Å²) in [5.74, 6) is -0.892. The number of phenols is 1. The molecule has 2 fully saturated rings. The summed E-state index contributed by atoms with van der Waals surface area (Å²) in [7, 11) is 1.52. The van der Waals surface area contributed by atoms with E-state index in [9.17, 15) is 40.2 Å². The van der Waals surface area contributed by atoms with Gasteiger partial charge in [0.1, 0.15) is 70.6 Å². The molecule has 11 atom stereocenters. The van der Waals surface area contributed by atoms with Gasteiger partial charge in [-0.15, -0.1) is 0 Å². The van der Waals surface area contributed by atoms with E-state index >= 15 is 0 Å². The van der Waals surface area contributed by atoms with E-state index in [1.54, 1.807) is 38.1 Å². The number of aliphatic hydroxyl groups excluding tert-OH is 5. The first-order chi connectivity index (χ1) is 22.8. The van der Waals surface area contributed by atoms with Crippen molar-refractivity contribution in [2.45, 2.75) is 88.6 Å². The van der Waals surface area contributed by atoms with Gasteiger partial charge in [0.25, 0.3) is 0 Å². The molecule has 0 amide bonds. The Balaban J connectivity index is 1.31. The van der Waals surface area contributed by atoms with Gasteiger partial charge in [-0.2, -0.15) is 0 Å². The van der Waals surface area contributed by atoms with E-state index in [2.05, 4.69) is 0 Å². The lowest BCUT2D eigenvalue weighted by molar-refractivity contribution is -0.320. The molecular weight excluding hydrogens is 636 g/mol. The van der Waals surface area contributed by atoms with Crippen LogP contribution in [0.1, 0.15) is 27.2 Å². The molecule has 3 heterocycles. The minimum Gasteiger partial charge on any atom is -0.507 e. The fourth-order valence-electron chi connectivity index (χ4n) is 5.38. The van der Waals surface area contributed by atoms with Crippen LogP contribution < -0.4 is 14.9 Å². The predicted molar refractivity (Wildman–Crippen MR) is 165 cm³/mol. The van der Waals surface area contributed by atoms with Crippen LogP contribution in [0.2, 0.25) is 0 Å². The van der Waals surface area contributed by atoms with Gasteiger partial charge >= 0.3 is 5.97 Å². The van der Waals surface area contributed by atoms with Crippen molar-refractivity contribution in [3.8, 4) is 28.6 Å².